The number of aromatic nitrogens is 1. The first-order valence-corrected chi connectivity index (χ1v) is 5.80. The summed E-state index contributed by atoms with van der Waals surface area (Å²) in [5.74, 6) is -0.351. The Hall–Kier alpha value is -1.87. The van der Waals surface area contributed by atoms with Crippen LogP contribution in [0.5, 0.6) is 0 Å². The van der Waals surface area contributed by atoms with Gasteiger partial charge in [-0.25, -0.2) is 9.78 Å². The molecule has 0 spiro atoms. The van der Waals surface area contributed by atoms with Crippen LogP contribution in [0, 0.1) is 6.92 Å². The number of esters is 1. The Morgan fingerprint density at radius 2 is 2.06 bits per heavy atom. The van der Waals surface area contributed by atoms with Crippen molar-refractivity contribution in [3.8, 4) is 11.1 Å². The molecule has 0 radical (unpaired) electrons. The van der Waals surface area contributed by atoms with E-state index in [-0.39, 0.29) is 5.97 Å². The second kappa shape index (κ2) is 5.19. The fourth-order valence-corrected chi connectivity index (χ4v) is 1.92. The molecular weight excluding hydrogens is 250 g/mol. The number of hydrogen-bond donors (Lipinski definition) is 0. The van der Waals surface area contributed by atoms with Crippen molar-refractivity contribution < 1.29 is 9.53 Å². The largest absolute Gasteiger partial charge is 0.465 e. The summed E-state index contributed by atoms with van der Waals surface area (Å²) in [6.07, 6.45) is 1.64. The Kier molecular flexibility index (Phi) is 3.63. The quantitative estimate of drug-likeness (QED) is 0.614. The monoisotopic (exact) mass is 261 g/mol. The van der Waals surface area contributed by atoms with Gasteiger partial charge in [-0.1, -0.05) is 17.7 Å². The Labute approximate surface area is 110 Å². The van der Waals surface area contributed by atoms with Gasteiger partial charge in [-0.15, -0.1) is 0 Å². The van der Waals surface area contributed by atoms with Gasteiger partial charge in [-0.05, 0) is 47.9 Å². The highest BCUT2D eigenvalue weighted by Crippen LogP contribution is 2.26. The van der Waals surface area contributed by atoms with Crippen LogP contribution in [0.2, 0.25) is 5.15 Å². The van der Waals surface area contributed by atoms with Crippen LogP contribution in [-0.4, -0.2) is 18.1 Å². The lowest BCUT2D eigenvalue weighted by molar-refractivity contribution is 0.0601. The molecule has 0 amide bonds. The number of pyridine rings is 1. The number of carbonyl (C=O) groups is 1. The molecule has 1 aromatic carbocycles. The van der Waals surface area contributed by atoms with Crippen molar-refractivity contribution in [2.75, 3.05) is 7.11 Å². The molecule has 0 aliphatic rings. The molecule has 2 aromatic rings. The van der Waals surface area contributed by atoms with E-state index in [9.17, 15) is 4.79 Å². The van der Waals surface area contributed by atoms with E-state index in [4.69, 9.17) is 16.3 Å². The predicted octanol–water partition coefficient (Wildman–Crippen LogP) is 3.50. The molecule has 0 saturated carbocycles. The van der Waals surface area contributed by atoms with Gasteiger partial charge in [-0.2, -0.15) is 0 Å². The second-order valence-electron chi connectivity index (χ2n) is 3.89. The molecule has 0 atom stereocenters. The molecule has 1 aromatic heterocycles. The Balaban J connectivity index is 2.53. The number of aryl methyl sites for hydroxylation is 1. The third-order valence-corrected chi connectivity index (χ3v) is 2.90. The summed E-state index contributed by atoms with van der Waals surface area (Å²) in [7, 11) is 1.37. The number of hydrogen-bond acceptors (Lipinski definition) is 3. The average Bonchev–Trinajstić information content (AvgIpc) is 2.38. The molecule has 0 aliphatic carbocycles. The average molecular weight is 262 g/mol. The Bertz CT molecular complexity index is 596. The van der Waals surface area contributed by atoms with E-state index >= 15 is 0 Å². The maximum absolute atomic E-state index is 11.5. The van der Waals surface area contributed by atoms with E-state index in [0.717, 1.165) is 16.7 Å². The lowest BCUT2D eigenvalue weighted by Gasteiger charge is -2.08. The maximum atomic E-state index is 11.5. The molecule has 0 fully saturated rings. The van der Waals surface area contributed by atoms with Crippen LogP contribution >= 0.6 is 11.6 Å². The highest BCUT2D eigenvalue weighted by Gasteiger charge is 2.09. The van der Waals surface area contributed by atoms with Crippen molar-refractivity contribution in [1.82, 2.24) is 4.98 Å². The van der Waals surface area contributed by atoms with Gasteiger partial charge in [0.15, 0.2) is 0 Å². The minimum Gasteiger partial charge on any atom is -0.465 e. The molecule has 2 rings (SSSR count). The van der Waals surface area contributed by atoms with Crippen LogP contribution in [0.3, 0.4) is 0 Å². The van der Waals surface area contributed by atoms with E-state index < -0.39 is 0 Å². The van der Waals surface area contributed by atoms with Crippen LogP contribution in [0.1, 0.15) is 15.9 Å². The standard InChI is InChI=1S/C14H12ClNO2/c1-9-3-4-11(14(17)18-2)7-12(9)10-5-6-16-13(15)8-10/h3-8H,1-2H3. The second-order valence-corrected chi connectivity index (χ2v) is 4.28. The van der Waals surface area contributed by atoms with Gasteiger partial charge in [0.25, 0.3) is 0 Å². The molecule has 0 unspecified atom stereocenters. The van der Waals surface area contributed by atoms with Gasteiger partial charge in [0.1, 0.15) is 5.15 Å². The summed E-state index contributed by atoms with van der Waals surface area (Å²) >= 11 is 5.87. The van der Waals surface area contributed by atoms with Gasteiger partial charge >= 0.3 is 5.97 Å². The summed E-state index contributed by atoms with van der Waals surface area (Å²) in [6.45, 7) is 1.98. The van der Waals surface area contributed by atoms with Crippen molar-refractivity contribution in [2.45, 2.75) is 6.92 Å². The first-order chi connectivity index (χ1) is 8.61. The van der Waals surface area contributed by atoms with E-state index in [1.54, 1.807) is 24.4 Å². The summed E-state index contributed by atoms with van der Waals surface area (Å²) in [5.41, 5.74) is 3.46. The van der Waals surface area contributed by atoms with Crippen molar-refractivity contribution in [3.05, 3.63) is 52.8 Å². The van der Waals surface area contributed by atoms with Gasteiger partial charge in [0.05, 0.1) is 12.7 Å². The smallest absolute Gasteiger partial charge is 0.337 e. The molecule has 4 heteroatoms. The summed E-state index contributed by atoms with van der Waals surface area (Å²) < 4.78 is 4.71. The van der Waals surface area contributed by atoms with Crippen LogP contribution < -0.4 is 0 Å². The maximum Gasteiger partial charge on any atom is 0.337 e. The van der Waals surface area contributed by atoms with Gasteiger partial charge < -0.3 is 4.74 Å². The number of carbonyl (C=O) groups excluding carboxylic acids is 1. The lowest BCUT2D eigenvalue weighted by atomic mass is 9.99. The molecule has 0 bridgehead atoms. The normalized spacial score (nSPS) is 10.2. The van der Waals surface area contributed by atoms with E-state index in [0.29, 0.717) is 10.7 Å². The van der Waals surface area contributed by atoms with Crippen LogP contribution in [-0.2, 0) is 4.74 Å². The fourth-order valence-electron chi connectivity index (χ4n) is 1.75. The van der Waals surface area contributed by atoms with Crippen molar-refractivity contribution in [2.24, 2.45) is 0 Å². The highest BCUT2D eigenvalue weighted by molar-refractivity contribution is 6.29. The zero-order valence-electron chi connectivity index (χ0n) is 10.1. The van der Waals surface area contributed by atoms with E-state index in [1.807, 2.05) is 19.1 Å². The highest BCUT2D eigenvalue weighted by atomic mass is 35.5. The van der Waals surface area contributed by atoms with Crippen molar-refractivity contribution in [3.63, 3.8) is 0 Å². The minimum atomic E-state index is -0.351. The number of halogens is 1. The van der Waals surface area contributed by atoms with Crippen LogP contribution in [0.15, 0.2) is 36.5 Å². The van der Waals surface area contributed by atoms with Gasteiger partial charge in [0.2, 0.25) is 0 Å². The number of rotatable bonds is 2. The Morgan fingerprint density at radius 1 is 1.28 bits per heavy atom. The van der Waals surface area contributed by atoms with Crippen LogP contribution in [0.25, 0.3) is 11.1 Å². The van der Waals surface area contributed by atoms with E-state index in [1.165, 1.54) is 7.11 Å². The first kappa shape index (κ1) is 12.6. The van der Waals surface area contributed by atoms with Gasteiger partial charge in [-0.3, -0.25) is 0 Å². The van der Waals surface area contributed by atoms with Crippen LogP contribution in [0.4, 0.5) is 0 Å². The third kappa shape index (κ3) is 2.51. The van der Waals surface area contributed by atoms with Crippen molar-refractivity contribution >= 4 is 17.6 Å². The number of benzene rings is 1. The zero-order chi connectivity index (χ0) is 13.1. The SMILES string of the molecule is COC(=O)c1ccc(C)c(-c2ccnc(Cl)c2)c1. The first-order valence-electron chi connectivity index (χ1n) is 5.42. The summed E-state index contributed by atoms with van der Waals surface area (Å²) in [5, 5.41) is 0.426. The molecule has 0 N–H and O–H groups in total. The molecule has 0 aliphatic heterocycles. The molecular formula is C14H12ClNO2. The minimum absolute atomic E-state index is 0.351. The summed E-state index contributed by atoms with van der Waals surface area (Å²) in [6, 6.07) is 9.05. The number of methoxy groups -OCH3 is 1. The fraction of sp³-hybridized carbons (Fsp3) is 0.143. The third-order valence-electron chi connectivity index (χ3n) is 2.70. The lowest BCUT2D eigenvalue weighted by Crippen LogP contribution is -2.01. The van der Waals surface area contributed by atoms with Crippen molar-refractivity contribution in [1.29, 1.82) is 0 Å². The summed E-state index contributed by atoms with van der Waals surface area (Å²) in [4.78, 5) is 15.5. The topological polar surface area (TPSA) is 39.2 Å². The molecule has 1 heterocycles. The van der Waals surface area contributed by atoms with Gasteiger partial charge in [0, 0.05) is 6.20 Å². The number of ether oxygens (including phenoxy) is 1. The number of nitrogens with zero attached hydrogens (tertiary/aromatic N) is 1. The molecule has 0 saturated heterocycles. The zero-order valence-corrected chi connectivity index (χ0v) is 10.9. The molecule has 92 valence electrons. The molecule has 18 heavy (non-hydrogen) atoms. The predicted molar refractivity (Wildman–Crippen MR) is 70.8 cm³/mol. The Morgan fingerprint density at radius 3 is 2.72 bits per heavy atom. The molecule has 3 nitrogen and oxygen atoms in total. The van der Waals surface area contributed by atoms with E-state index in [2.05, 4.69) is 4.98 Å².